The highest BCUT2D eigenvalue weighted by Crippen LogP contribution is 2.29. The molecule has 2 aromatic rings. The summed E-state index contributed by atoms with van der Waals surface area (Å²) >= 11 is 7.66. The molecule has 104 valence electrons. The number of thiophene rings is 1. The molecule has 2 nitrogen and oxygen atoms in total. The lowest BCUT2D eigenvalue weighted by Crippen LogP contribution is -2.24. The van der Waals surface area contributed by atoms with Crippen molar-refractivity contribution < 1.29 is 4.42 Å². The third-order valence-corrected chi connectivity index (χ3v) is 4.38. The summed E-state index contributed by atoms with van der Waals surface area (Å²) in [4.78, 5) is 1.30. The molecule has 0 aromatic carbocycles. The number of halogens is 1. The van der Waals surface area contributed by atoms with Gasteiger partial charge in [0.2, 0.25) is 0 Å². The van der Waals surface area contributed by atoms with Crippen molar-refractivity contribution in [3.63, 3.8) is 0 Å². The van der Waals surface area contributed by atoms with Crippen LogP contribution in [0.25, 0.3) is 0 Å². The van der Waals surface area contributed by atoms with Gasteiger partial charge in [-0.05, 0) is 45.0 Å². The first-order valence-corrected chi connectivity index (χ1v) is 7.84. The molecule has 0 spiro atoms. The number of hydrogen-bond donors (Lipinski definition) is 1. The Labute approximate surface area is 123 Å². The molecule has 1 N–H and O–H groups in total. The number of nitrogens with one attached hydrogen (secondary N) is 1. The maximum Gasteiger partial charge on any atom is 0.105 e. The van der Waals surface area contributed by atoms with E-state index in [1.54, 1.807) is 11.3 Å². The van der Waals surface area contributed by atoms with Crippen LogP contribution in [0.1, 0.15) is 41.3 Å². The van der Waals surface area contributed by atoms with Crippen molar-refractivity contribution in [2.24, 2.45) is 0 Å². The van der Waals surface area contributed by atoms with E-state index >= 15 is 0 Å². The minimum absolute atomic E-state index is 0.298. The Morgan fingerprint density at radius 1 is 1.37 bits per heavy atom. The Kier molecular flexibility index (Phi) is 5.08. The average molecular weight is 298 g/mol. The van der Waals surface area contributed by atoms with Gasteiger partial charge in [-0.15, -0.1) is 11.3 Å². The molecule has 2 rings (SSSR count). The molecule has 0 bridgehead atoms. The van der Waals surface area contributed by atoms with E-state index < -0.39 is 0 Å². The van der Waals surface area contributed by atoms with Gasteiger partial charge >= 0.3 is 0 Å². The zero-order valence-electron chi connectivity index (χ0n) is 11.6. The quantitative estimate of drug-likeness (QED) is 0.821. The smallest absolute Gasteiger partial charge is 0.105 e. The van der Waals surface area contributed by atoms with E-state index in [0.717, 1.165) is 35.2 Å². The summed E-state index contributed by atoms with van der Waals surface area (Å²) in [5, 5.41) is 3.60. The molecule has 0 fully saturated rings. The highest BCUT2D eigenvalue weighted by Gasteiger charge is 2.18. The van der Waals surface area contributed by atoms with Gasteiger partial charge in [0, 0.05) is 22.9 Å². The lowest BCUT2D eigenvalue weighted by Gasteiger charge is -2.17. The van der Waals surface area contributed by atoms with Gasteiger partial charge in [0.1, 0.15) is 11.5 Å². The highest BCUT2D eigenvalue weighted by molar-refractivity contribution is 7.16. The summed E-state index contributed by atoms with van der Waals surface area (Å²) < 4.78 is 6.51. The molecule has 2 heterocycles. The van der Waals surface area contributed by atoms with E-state index in [2.05, 4.69) is 24.4 Å². The van der Waals surface area contributed by atoms with E-state index in [1.165, 1.54) is 10.4 Å². The van der Waals surface area contributed by atoms with Crippen molar-refractivity contribution in [2.45, 2.75) is 39.7 Å². The maximum absolute atomic E-state index is 6.01. The Bertz CT molecular complexity index is 532. The van der Waals surface area contributed by atoms with Crippen LogP contribution in [-0.2, 0) is 6.42 Å². The molecule has 19 heavy (non-hydrogen) atoms. The van der Waals surface area contributed by atoms with Gasteiger partial charge in [0.05, 0.1) is 4.34 Å². The molecule has 0 amide bonds. The number of rotatable bonds is 6. The summed E-state index contributed by atoms with van der Waals surface area (Å²) in [7, 11) is 0. The molecular weight excluding hydrogens is 278 g/mol. The van der Waals surface area contributed by atoms with Crippen LogP contribution in [0.4, 0.5) is 0 Å². The molecule has 0 saturated heterocycles. The fraction of sp³-hybridized carbons (Fsp3) is 0.467. The summed E-state index contributed by atoms with van der Waals surface area (Å²) in [5.41, 5.74) is 1.26. The van der Waals surface area contributed by atoms with Gasteiger partial charge in [-0.3, -0.25) is 0 Å². The summed E-state index contributed by atoms with van der Waals surface area (Å²) in [5.74, 6) is 1.98. The van der Waals surface area contributed by atoms with Crippen LogP contribution in [0, 0.1) is 13.8 Å². The predicted molar refractivity (Wildman–Crippen MR) is 82.2 cm³/mol. The number of hydrogen-bond acceptors (Lipinski definition) is 3. The zero-order chi connectivity index (χ0) is 13.8. The molecule has 0 saturated carbocycles. The van der Waals surface area contributed by atoms with Crippen molar-refractivity contribution in [3.8, 4) is 0 Å². The van der Waals surface area contributed by atoms with Crippen molar-refractivity contribution in [1.29, 1.82) is 0 Å². The zero-order valence-corrected chi connectivity index (χ0v) is 13.2. The SMILES string of the molecule is CCCNC(Cc1ccc(Cl)s1)c1cc(C)oc1C. The van der Waals surface area contributed by atoms with E-state index in [1.807, 2.05) is 19.9 Å². The van der Waals surface area contributed by atoms with Crippen molar-refractivity contribution >= 4 is 22.9 Å². The molecule has 0 aliphatic heterocycles. The van der Waals surface area contributed by atoms with Crippen LogP contribution in [0.15, 0.2) is 22.6 Å². The highest BCUT2D eigenvalue weighted by atomic mass is 35.5. The molecule has 1 atom stereocenters. The van der Waals surface area contributed by atoms with Gasteiger partial charge in [-0.25, -0.2) is 0 Å². The minimum Gasteiger partial charge on any atom is -0.466 e. The molecule has 0 aliphatic rings. The fourth-order valence-corrected chi connectivity index (χ4v) is 3.40. The van der Waals surface area contributed by atoms with E-state index in [-0.39, 0.29) is 0 Å². The van der Waals surface area contributed by atoms with E-state index in [0.29, 0.717) is 6.04 Å². The van der Waals surface area contributed by atoms with Crippen LogP contribution in [0.5, 0.6) is 0 Å². The van der Waals surface area contributed by atoms with Crippen LogP contribution in [0.3, 0.4) is 0 Å². The van der Waals surface area contributed by atoms with Gasteiger partial charge in [-0.1, -0.05) is 18.5 Å². The second kappa shape index (κ2) is 6.60. The maximum atomic E-state index is 6.01. The lowest BCUT2D eigenvalue weighted by molar-refractivity contribution is 0.481. The first-order chi connectivity index (χ1) is 9.10. The molecule has 4 heteroatoms. The Morgan fingerprint density at radius 3 is 2.68 bits per heavy atom. The number of furan rings is 1. The molecule has 2 aromatic heterocycles. The molecule has 0 aliphatic carbocycles. The third kappa shape index (κ3) is 3.85. The van der Waals surface area contributed by atoms with Gasteiger partial charge in [0.15, 0.2) is 0 Å². The van der Waals surface area contributed by atoms with Crippen LogP contribution in [-0.4, -0.2) is 6.54 Å². The predicted octanol–water partition coefficient (Wildman–Crippen LogP) is 4.89. The average Bonchev–Trinajstić information content (AvgIpc) is 2.91. The minimum atomic E-state index is 0.298. The van der Waals surface area contributed by atoms with E-state index in [4.69, 9.17) is 16.0 Å². The van der Waals surface area contributed by atoms with Gasteiger partial charge < -0.3 is 9.73 Å². The first kappa shape index (κ1) is 14.6. The number of aryl methyl sites for hydroxylation is 2. The molecule has 1 unspecified atom stereocenters. The normalized spacial score (nSPS) is 12.8. The monoisotopic (exact) mass is 297 g/mol. The topological polar surface area (TPSA) is 25.2 Å². The van der Waals surface area contributed by atoms with Gasteiger partial charge in [-0.2, -0.15) is 0 Å². The summed E-state index contributed by atoms with van der Waals surface area (Å²) in [6.07, 6.45) is 2.08. The van der Waals surface area contributed by atoms with Crippen LogP contribution < -0.4 is 5.32 Å². The standard InChI is InChI=1S/C15H20ClNOS/c1-4-7-17-14(9-12-5-6-15(16)19-12)13-8-10(2)18-11(13)3/h5-6,8,14,17H,4,7,9H2,1-3H3. The van der Waals surface area contributed by atoms with Gasteiger partial charge in [0.25, 0.3) is 0 Å². The van der Waals surface area contributed by atoms with Crippen molar-refractivity contribution in [1.82, 2.24) is 5.32 Å². The Balaban J connectivity index is 2.18. The molecule has 0 radical (unpaired) electrons. The van der Waals surface area contributed by atoms with Crippen LogP contribution >= 0.6 is 22.9 Å². The molecular formula is C15H20ClNOS. The summed E-state index contributed by atoms with van der Waals surface area (Å²) in [6.45, 7) is 7.22. The Morgan fingerprint density at radius 2 is 2.16 bits per heavy atom. The first-order valence-electron chi connectivity index (χ1n) is 6.64. The largest absolute Gasteiger partial charge is 0.466 e. The van der Waals surface area contributed by atoms with E-state index in [9.17, 15) is 0 Å². The lowest BCUT2D eigenvalue weighted by atomic mass is 10.0. The second-order valence-corrected chi connectivity index (χ2v) is 6.58. The third-order valence-electron chi connectivity index (χ3n) is 3.13. The summed E-state index contributed by atoms with van der Waals surface area (Å²) in [6, 6.07) is 6.51. The van der Waals surface area contributed by atoms with Crippen molar-refractivity contribution in [3.05, 3.63) is 44.5 Å². The second-order valence-electron chi connectivity index (χ2n) is 4.79. The van der Waals surface area contributed by atoms with Crippen LogP contribution in [0.2, 0.25) is 4.34 Å². The fourth-order valence-electron chi connectivity index (χ4n) is 2.27. The Hall–Kier alpha value is -0.770. The van der Waals surface area contributed by atoms with Crippen molar-refractivity contribution in [2.75, 3.05) is 6.54 Å².